The number of hydrogen-bond donors (Lipinski definition) is 2. The van der Waals surface area contributed by atoms with E-state index >= 15 is 0 Å². The average molecular weight is 399 g/mol. The SMILES string of the molecule is Cc1ccccc1-c1cnc(NC(=O)N2C[C@@H](C(F)(F)F)[C@H](C(=O)O)C2)s1. The summed E-state index contributed by atoms with van der Waals surface area (Å²) in [6.07, 6.45) is -3.11. The Bertz CT molecular complexity index is 868. The molecule has 27 heavy (non-hydrogen) atoms. The van der Waals surface area contributed by atoms with Gasteiger partial charge in [-0.2, -0.15) is 13.2 Å². The van der Waals surface area contributed by atoms with Gasteiger partial charge in [0.15, 0.2) is 5.13 Å². The van der Waals surface area contributed by atoms with Crippen LogP contribution in [0.15, 0.2) is 30.5 Å². The van der Waals surface area contributed by atoms with Crippen molar-refractivity contribution in [3.8, 4) is 10.4 Å². The van der Waals surface area contributed by atoms with Crippen LogP contribution in [0.3, 0.4) is 0 Å². The first kappa shape index (κ1) is 19.2. The van der Waals surface area contributed by atoms with Crippen molar-refractivity contribution in [1.82, 2.24) is 9.88 Å². The van der Waals surface area contributed by atoms with Crippen molar-refractivity contribution in [3.05, 3.63) is 36.0 Å². The zero-order valence-corrected chi connectivity index (χ0v) is 15.0. The number of aromatic nitrogens is 1. The summed E-state index contributed by atoms with van der Waals surface area (Å²) in [5, 5.41) is 11.7. The summed E-state index contributed by atoms with van der Waals surface area (Å²) in [7, 11) is 0. The Balaban J connectivity index is 1.71. The van der Waals surface area contributed by atoms with Crippen LogP contribution in [0.25, 0.3) is 10.4 Å². The normalized spacial score (nSPS) is 19.9. The number of carbonyl (C=O) groups is 2. The third-order valence-electron chi connectivity index (χ3n) is 4.47. The molecule has 1 aliphatic heterocycles. The van der Waals surface area contributed by atoms with E-state index in [1.807, 2.05) is 31.2 Å². The Morgan fingerprint density at radius 2 is 2.00 bits per heavy atom. The average Bonchev–Trinajstić information content (AvgIpc) is 3.21. The van der Waals surface area contributed by atoms with Crippen molar-refractivity contribution in [2.75, 3.05) is 18.4 Å². The van der Waals surface area contributed by atoms with Gasteiger partial charge in [0.05, 0.1) is 16.7 Å². The predicted molar refractivity (Wildman–Crippen MR) is 93.5 cm³/mol. The van der Waals surface area contributed by atoms with Crippen molar-refractivity contribution < 1.29 is 27.9 Å². The minimum Gasteiger partial charge on any atom is -0.481 e. The van der Waals surface area contributed by atoms with Crippen molar-refractivity contribution in [2.45, 2.75) is 13.1 Å². The van der Waals surface area contributed by atoms with Crippen molar-refractivity contribution in [2.24, 2.45) is 11.8 Å². The summed E-state index contributed by atoms with van der Waals surface area (Å²) in [6.45, 7) is 0.741. The number of anilines is 1. The molecular formula is C17H16F3N3O3S. The van der Waals surface area contributed by atoms with Crippen LogP contribution < -0.4 is 5.32 Å². The fourth-order valence-electron chi connectivity index (χ4n) is 3.03. The molecule has 0 saturated carbocycles. The molecule has 2 atom stereocenters. The zero-order chi connectivity index (χ0) is 19.8. The van der Waals surface area contributed by atoms with Gasteiger partial charge in [-0.3, -0.25) is 10.1 Å². The second-order valence-electron chi connectivity index (χ2n) is 6.27. The number of benzene rings is 1. The van der Waals surface area contributed by atoms with E-state index in [1.165, 1.54) is 11.3 Å². The maximum atomic E-state index is 13.0. The first-order valence-corrected chi connectivity index (χ1v) is 8.85. The largest absolute Gasteiger partial charge is 0.481 e. The number of nitrogens with one attached hydrogen (secondary N) is 1. The smallest absolute Gasteiger partial charge is 0.394 e. The number of alkyl halides is 3. The van der Waals surface area contributed by atoms with Gasteiger partial charge < -0.3 is 10.0 Å². The Kier molecular flexibility index (Phi) is 5.09. The molecule has 144 valence electrons. The molecule has 1 aromatic heterocycles. The number of carboxylic acids is 1. The van der Waals surface area contributed by atoms with E-state index in [2.05, 4.69) is 10.3 Å². The summed E-state index contributed by atoms with van der Waals surface area (Å²) in [6, 6.07) is 6.81. The van der Waals surface area contributed by atoms with E-state index in [9.17, 15) is 22.8 Å². The van der Waals surface area contributed by atoms with E-state index in [4.69, 9.17) is 5.11 Å². The van der Waals surface area contributed by atoms with Crippen molar-refractivity contribution >= 4 is 28.5 Å². The van der Waals surface area contributed by atoms with Crippen LogP contribution in [-0.4, -0.2) is 46.3 Å². The van der Waals surface area contributed by atoms with Crippen LogP contribution >= 0.6 is 11.3 Å². The first-order chi connectivity index (χ1) is 12.7. The van der Waals surface area contributed by atoms with Crippen LogP contribution in [0.2, 0.25) is 0 Å². The number of aryl methyl sites for hydroxylation is 1. The van der Waals surface area contributed by atoms with Gasteiger partial charge >= 0.3 is 18.2 Å². The number of likely N-dealkylation sites (tertiary alicyclic amines) is 1. The van der Waals surface area contributed by atoms with E-state index < -0.39 is 43.1 Å². The van der Waals surface area contributed by atoms with Gasteiger partial charge in [0.25, 0.3) is 0 Å². The van der Waals surface area contributed by atoms with Crippen LogP contribution in [0.4, 0.5) is 23.1 Å². The topological polar surface area (TPSA) is 82.5 Å². The number of carbonyl (C=O) groups excluding carboxylic acids is 1. The second-order valence-corrected chi connectivity index (χ2v) is 7.30. The molecule has 0 aliphatic carbocycles. The third kappa shape index (κ3) is 4.05. The Hall–Kier alpha value is -2.62. The number of rotatable bonds is 3. The fourth-order valence-corrected chi connectivity index (χ4v) is 3.92. The highest BCUT2D eigenvalue weighted by atomic mass is 32.1. The molecule has 2 N–H and O–H groups in total. The molecule has 3 rings (SSSR count). The lowest BCUT2D eigenvalue weighted by Crippen LogP contribution is -2.35. The molecule has 1 aliphatic rings. The van der Waals surface area contributed by atoms with Gasteiger partial charge in [0, 0.05) is 19.3 Å². The monoisotopic (exact) mass is 399 g/mol. The third-order valence-corrected chi connectivity index (χ3v) is 5.42. The number of nitrogens with zero attached hydrogens (tertiary/aromatic N) is 2. The molecule has 0 radical (unpaired) electrons. The van der Waals surface area contributed by atoms with E-state index in [0.717, 1.165) is 20.9 Å². The van der Waals surface area contributed by atoms with Crippen molar-refractivity contribution in [3.63, 3.8) is 0 Å². The molecule has 1 aromatic carbocycles. The first-order valence-electron chi connectivity index (χ1n) is 8.04. The summed E-state index contributed by atoms with van der Waals surface area (Å²) in [5.41, 5.74) is 1.97. The van der Waals surface area contributed by atoms with Gasteiger partial charge in [-0.05, 0) is 18.1 Å². The van der Waals surface area contributed by atoms with Gasteiger partial charge in [0.1, 0.15) is 0 Å². The second kappa shape index (κ2) is 7.18. The molecule has 6 nitrogen and oxygen atoms in total. The molecule has 1 fully saturated rings. The fraction of sp³-hybridized carbons (Fsp3) is 0.353. The van der Waals surface area contributed by atoms with E-state index in [1.54, 1.807) is 6.20 Å². The number of halogens is 3. The van der Waals surface area contributed by atoms with E-state index in [-0.39, 0.29) is 5.13 Å². The van der Waals surface area contributed by atoms with Gasteiger partial charge in [-0.1, -0.05) is 35.6 Å². The quantitative estimate of drug-likeness (QED) is 0.822. The van der Waals surface area contributed by atoms with E-state index in [0.29, 0.717) is 0 Å². The van der Waals surface area contributed by atoms with Crippen LogP contribution in [-0.2, 0) is 4.79 Å². The highest BCUT2D eigenvalue weighted by molar-refractivity contribution is 7.19. The lowest BCUT2D eigenvalue weighted by molar-refractivity contribution is -0.187. The van der Waals surface area contributed by atoms with Gasteiger partial charge in [-0.15, -0.1) is 0 Å². The molecule has 2 heterocycles. The number of thiazole rings is 1. The summed E-state index contributed by atoms with van der Waals surface area (Å²) < 4.78 is 39.1. The maximum absolute atomic E-state index is 13.0. The zero-order valence-electron chi connectivity index (χ0n) is 14.2. The molecule has 0 unspecified atom stereocenters. The molecule has 10 heteroatoms. The molecule has 2 amide bonds. The summed E-state index contributed by atoms with van der Waals surface area (Å²) in [4.78, 5) is 29.2. The molecular weight excluding hydrogens is 383 g/mol. The van der Waals surface area contributed by atoms with Crippen LogP contribution in [0, 0.1) is 18.8 Å². The van der Waals surface area contributed by atoms with Crippen molar-refractivity contribution in [1.29, 1.82) is 0 Å². The summed E-state index contributed by atoms with van der Waals surface area (Å²) >= 11 is 1.19. The minimum absolute atomic E-state index is 0.237. The predicted octanol–water partition coefficient (Wildman–Crippen LogP) is 3.85. The molecule has 0 bridgehead atoms. The number of urea groups is 1. The number of carboxylic acid groups (broad SMARTS) is 1. The Morgan fingerprint density at radius 1 is 1.30 bits per heavy atom. The maximum Gasteiger partial charge on any atom is 0.394 e. The van der Waals surface area contributed by atoms with Crippen LogP contribution in [0.1, 0.15) is 5.56 Å². The van der Waals surface area contributed by atoms with Gasteiger partial charge in [0.2, 0.25) is 0 Å². The lowest BCUT2D eigenvalue weighted by atomic mass is 9.96. The number of aliphatic carboxylic acids is 1. The highest BCUT2D eigenvalue weighted by Crippen LogP contribution is 2.38. The standard InChI is InChI=1S/C17H16F3N3O3S/c1-9-4-2-3-5-10(9)13-6-21-15(27-13)22-16(26)23-7-11(14(24)25)12(8-23)17(18,19)20/h2-6,11-12H,7-8H2,1H3,(H,24,25)(H,21,22,26)/t11-,12-/m1/s1. The molecule has 1 saturated heterocycles. The number of amides is 2. The molecule has 2 aromatic rings. The lowest BCUT2D eigenvalue weighted by Gasteiger charge is -2.18. The van der Waals surface area contributed by atoms with Crippen LogP contribution in [0.5, 0.6) is 0 Å². The molecule has 0 spiro atoms. The van der Waals surface area contributed by atoms with Gasteiger partial charge in [-0.25, -0.2) is 9.78 Å². The Labute approximate surface area is 156 Å². The summed E-state index contributed by atoms with van der Waals surface area (Å²) in [5.74, 6) is -5.32. The minimum atomic E-state index is -4.68. The highest BCUT2D eigenvalue weighted by Gasteiger charge is 2.53. The Morgan fingerprint density at radius 3 is 2.59 bits per heavy atom. The number of hydrogen-bond acceptors (Lipinski definition) is 4.